The maximum Gasteiger partial charge on any atom is 0.129 e. The highest BCUT2D eigenvalue weighted by molar-refractivity contribution is 9.10. The lowest BCUT2D eigenvalue weighted by Gasteiger charge is -2.24. The Bertz CT molecular complexity index is 383. The summed E-state index contributed by atoms with van der Waals surface area (Å²) in [7, 11) is 0. The quantitative estimate of drug-likeness (QED) is 0.906. The van der Waals surface area contributed by atoms with Crippen LogP contribution in [0, 0.1) is 5.82 Å². The molecule has 2 atom stereocenters. The van der Waals surface area contributed by atoms with E-state index in [1.807, 2.05) is 19.1 Å². The summed E-state index contributed by atoms with van der Waals surface area (Å²) in [5, 5.41) is 0. The number of nitrogens with zero attached hydrogens (tertiary/aromatic N) is 1. The van der Waals surface area contributed by atoms with Crippen LogP contribution >= 0.6 is 15.9 Å². The molecule has 1 heterocycles. The van der Waals surface area contributed by atoms with E-state index in [0.29, 0.717) is 0 Å². The molecule has 1 aliphatic rings. The van der Waals surface area contributed by atoms with Crippen LogP contribution in [0.5, 0.6) is 0 Å². The standard InChI is InChI=1S/C12H16BrFN2/c1-8(16-5-4-10(15)7-16)11-3-2-9(13)6-12(11)14/h2-3,6,8,10H,4-5,7,15H2,1H3. The molecule has 0 bridgehead atoms. The molecule has 0 aliphatic carbocycles. The third kappa shape index (κ3) is 2.44. The minimum absolute atomic E-state index is 0.0987. The van der Waals surface area contributed by atoms with Gasteiger partial charge in [0, 0.05) is 35.2 Å². The van der Waals surface area contributed by atoms with Crippen molar-refractivity contribution in [1.82, 2.24) is 4.90 Å². The van der Waals surface area contributed by atoms with Gasteiger partial charge in [-0.25, -0.2) is 4.39 Å². The zero-order chi connectivity index (χ0) is 11.7. The second-order valence-electron chi connectivity index (χ2n) is 4.39. The van der Waals surface area contributed by atoms with Gasteiger partial charge in [-0.15, -0.1) is 0 Å². The maximum atomic E-state index is 13.8. The second kappa shape index (κ2) is 4.82. The van der Waals surface area contributed by atoms with E-state index in [0.717, 1.165) is 29.5 Å². The van der Waals surface area contributed by atoms with E-state index in [2.05, 4.69) is 20.8 Å². The van der Waals surface area contributed by atoms with Crippen molar-refractivity contribution in [3.8, 4) is 0 Å². The summed E-state index contributed by atoms with van der Waals surface area (Å²) in [6, 6.07) is 5.57. The number of halogens is 2. The van der Waals surface area contributed by atoms with Gasteiger partial charge in [0.15, 0.2) is 0 Å². The smallest absolute Gasteiger partial charge is 0.129 e. The highest BCUT2D eigenvalue weighted by Crippen LogP contribution is 2.27. The lowest BCUT2D eigenvalue weighted by Crippen LogP contribution is -2.29. The normalized spacial score (nSPS) is 23.6. The Morgan fingerprint density at radius 2 is 2.31 bits per heavy atom. The number of rotatable bonds is 2. The number of benzene rings is 1. The summed E-state index contributed by atoms with van der Waals surface area (Å²) in [6.07, 6.45) is 1.00. The van der Waals surface area contributed by atoms with Crippen molar-refractivity contribution < 1.29 is 4.39 Å². The van der Waals surface area contributed by atoms with Crippen molar-refractivity contribution in [3.63, 3.8) is 0 Å². The van der Waals surface area contributed by atoms with Crippen LogP contribution in [-0.2, 0) is 0 Å². The third-order valence-corrected chi connectivity index (χ3v) is 3.71. The van der Waals surface area contributed by atoms with Crippen LogP contribution < -0.4 is 5.73 Å². The molecule has 2 N–H and O–H groups in total. The molecule has 0 radical (unpaired) electrons. The molecular weight excluding hydrogens is 271 g/mol. The molecule has 0 saturated carbocycles. The SMILES string of the molecule is CC(c1ccc(Br)cc1F)N1CCC(N)C1. The van der Waals surface area contributed by atoms with Gasteiger partial charge in [0.25, 0.3) is 0 Å². The number of hydrogen-bond acceptors (Lipinski definition) is 2. The van der Waals surface area contributed by atoms with Crippen molar-refractivity contribution in [3.05, 3.63) is 34.1 Å². The highest BCUT2D eigenvalue weighted by Gasteiger charge is 2.25. The van der Waals surface area contributed by atoms with E-state index < -0.39 is 0 Å². The molecule has 16 heavy (non-hydrogen) atoms. The van der Waals surface area contributed by atoms with Crippen LogP contribution in [0.2, 0.25) is 0 Å². The minimum Gasteiger partial charge on any atom is -0.326 e. The first-order valence-electron chi connectivity index (χ1n) is 5.52. The van der Waals surface area contributed by atoms with Gasteiger partial charge in [0.1, 0.15) is 5.82 Å². The van der Waals surface area contributed by atoms with E-state index in [9.17, 15) is 4.39 Å². The maximum absolute atomic E-state index is 13.8. The first kappa shape index (κ1) is 12.0. The van der Waals surface area contributed by atoms with Gasteiger partial charge < -0.3 is 5.73 Å². The topological polar surface area (TPSA) is 29.3 Å². The second-order valence-corrected chi connectivity index (χ2v) is 5.30. The Labute approximate surface area is 104 Å². The number of likely N-dealkylation sites (tertiary alicyclic amines) is 1. The molecule has 0 spiro atoms. The van der Waals surface area contributed by atoms with Gasteiger partial charge in [-0.05, 0) is 25.5 Å². The first-order valence-corrected chi connectivity index (χ1v) is 6.32. The van der Waals surface area contributed by atoms with Crippen molar-refractivity contribution in [1.29, 1.82) is 0 Å². The van der Waals surface area contributed by atoms with Crippen molar-refractivity contribution in [2.45, 2.75) is 25.4 Å². The molecule has 2 unspecified atom stereocenters. The van der Waals surface area contributed by atoms with Crippen LogP contribution in [0.3, 0.4) is 0 Å². The molecule has 1 aromatic carbocycles. The van der Waals surface area contributed by atoms with Crippen LogP contribution in [0.15, 0.2) is 22.7 Å². The summed E-state index contributed by atoms with van der Waals surface area (Å²) >= 11 is 3.26. The van der Waals surface area contributed by atoms with Crippen LogP contribution in [0.4, 0.5) is 4.39 Å². The minimum atomic E-state index is -0.151. The fraction of sp³-hybridized carbons (Fsp3) is 0.500. The summed E-state index contributed by atoms with van der Waals surface area (Å²) in [6.45, 7) is 3.85. The fourth-order valence-corrected chi connectivity index (χ4v) is 2.54. The Balaban J connectivity index is 2.17. The van der Waals surface area contributed by atoms with Crippen molar-refractivity contribution in [2.24, 2.45) is 5.73 Å². The molecule has 1 aromatic rings. The monoisotopic (exact) mass is 286 g/mol. The fourth-order valence-electron chi connectivity index (χ4n) is 2.20. The van der Waals surface area contributed by atoms with Crippen molar-refractivity contribution in [2.75, 3.05) is 13.1 Å². The van der Waals surface area contributed by atoms with E-state index in [-0.39, 0.29) is 17.9 Å². The molecule has 88 valence electrons. The molecule has 0 amide bonds. The Morgan fingerprint density at radius 3 is 2.88 bits per heavy atom. The van der Waals surface area contributed by atoms with E-state index in [4.69, 9.17) is 5.73 Å². The third-order valence-electron chi connectivity index (χ3n) is 3.22. The summed E-state index contributed by atoms with van der Waals surface area (Å²) in [5.41, 5.74) is 6.61. The Hall–Kier alpha value is -0.450. The van der Waals surface area contributed by atoms with Gasteiger partial charge in [-0.3, -0.25) is 4.90 Å². The van der Waals surface area contributed by atoms with Crippen LogP contribution in [0.25, 0.3) is 0 Å². The number of hydrogen-bond donors (Lipinski definition) is 1. The molecule has 4 heteroatoms. The summed E-state index contributed by atoms with van der Waals surface area (Å²) in [4.78, 5) is 2.23. The summed E-state index contributed by atoms with van der Waals surface area (Å²) in [5.74, 6) is -0.151. The molecule has 1 saturated heterocycles. The van der Waals surface area contributed by atoms with Crippen LogP contribution in [-0.4, -0.2) is 24.0 Å². The van der Waals surface area contributed by atoms with E-state index in [1.54, 1.807) is 0 Å². The van der Waals surface area contributed by atoms with Gasteiger partial charge >= 0.3 is 0 Å². The summed E-state index contributed by atoms with van der Waals surface area (Å²) < 4.78 is 14.5. The molecule has 1 fully saturated rings. The predicted octanol–water partition coefficient (Wildman–Crippen LogP) is 2.68. The average Bonchev–Trinajstić information content (AvgIpc) is 2.64. The molecule has 2 nitrogen and oxygen atoms in total. The Kier molecular flexibility index (Phi) is 3.62. The van der Waals surface area contributed by atoms with Gasteiger partial charge in [-0.1, -0.05) is 22.0 Å². The van der Waals surface area contributed by atoms with Gasteiger partial charge in [0.2, 0.25) is 0 Å². The van der Waals surface area contributed by atoms with Gasteiger partial charge in [0.05, 0.1) is 0 Å². The highest BCUT2D eigenvalue weighted by atomic mass is 79.9. The Morgan fingerprint density at radius 1 is 1.56 bits per heavy atom. The van der Waals surface area contributed by atoms with E-state index in [1.165, 1.54) is 6.07 Å². The van der Waals surface area contributed by atoms with Crippen LogP contribution in [0.1, 0.15) is 24.9 Å². The first-order chi connectivity index (χ1) is 7.58. The molecule has 2 rings (SSSR count). The zero-order valence-electron chi connectivity index (χ0n) is 9.29. The van der Waals surface area contributed by atoms with E-state index >= 15 is 0 Å². The number of nitrogens with two attached hydrogens (primary N) is 1. The lowest BCUT2D eigenvalue weighted by atomic mass is 10.1. The molecular formula is C12H16BrFN2. The lowest BCUT2D eigenvalue weighted by molar-refractivity contribution is 0.254. The van der Waals surface area contributed by atoms with Crippen molar-refractivity contribution >= 4 is 15.9 Å². The zero-order valence-corrected chi connectivity index (χ0v) is 10.9. The predicted molar refractivity (Wildman–Crippen MR) is 66.7 cm³/mol. The largest absolute Gasteiger partial charge is 0.326 e. The van der Waals surface area contributed by atoms with Gasteiger partial charge in [-0.2, -0.15) is 0 Å². The average molecular weight is 287 g/mol. The molecule has 0 aromatic heterocycles. The molecule has 1 aliphatic heterocycles.